The fourth-order valence-corrected chi connectivity index (χ4v) is 1.32. The van der Waals surface area contributed by atoms with Crippen molar-refractivity contribution in [2.75, 3.05) is 6.61 Å². The van der Waals surface area contributed by atoms with Crippen LogP contribution in [0.15, 0.2) is 0 Å². The van der Waals surface area contributed by atoms with E-state index in [4.69, 9.17) is 5.11 Å². The fraction of sp³-hybridized carbons (Fsp3) is 0.846. The van der Waals surface area contributed by atoms with Gasteiger partial charge >= 0.3 is 0 Å². The minimum absolute atomic E-state index is 0.336. The molecule has 0 rings (SSSR count). The van der Waals surface area contributed by atoms with Crippen LogP contribution < -0.4 is 0 Å². The van der Waals surface area contributed by atoms with Crippen LogP contribution >= 0.6 is 0 Å². The molecular weight excluding hydrogens is 172 g/mol. The van der Waals surface area contributed by atoms with Gasteiger partial charge in [0.2, 0.25) is 0 Å². The van der Waals surface area contributed by atoms with Gasteiger partial charge in [-0.1, -0.05) is 32.6 Å². The monoisotopic (exact) mass is 196 g/mol. The van der Waals surface area contributed by atoms with Gasteiger partial charge in [0.05, 0.1) is 0 Å². The Morgan fingerprint density at radius 2 is 1.36 bits per heavy atom. The zero-order chi connectivity index (χ0) is 10.5. The molecule has 0 aliphatic carbocycles. The van der Waals surface area contributed by atoms with E-state index in [-0.39, 0.29) is 0 Å². The first-order valence-electron chi connectivity index (χ1n) is 5.98. The van der Waals surface area contributed by atoms with Gasteiger partial charge in [0.15, 0.2) is 0 Å². The van der Waals surface area contributed by atoms with Gasteiger partial charge in [-0.15, -0.1) is 11.8 Å². The molecule has 82 valence electrons. The number of unbranched alkanes of at least 4 members (excludes halogenated alkanes) is 7. The summed E-state index contributed by atoms with van der Waals surface area (Å²) < 4.78 is 0. The summed E-state index contributed by atoms with van der Waals surface area (Å²) in [6.07, 6.45) is 10.5. The molecule has 0 atom stereocenters. The maximum Gasteiger partial charge on any atom is 0.0431 e. The summed E-state index contributed by atoms with van der Waals surface area (Å²) in [6.45, 7) is 2.55. The van der Waals surface area contributed by atoms with E-state index in [0.717, 1.165) is 25.7 Å². The Balaban J connectivity index is 3.02. The molecular formula is C13H24O. The molecule has 1 heteroatoms. The third-order valence-corrected chi connectivity index (χ3v) is 2.24. The molecule has 0 spiro atoms. The number of hydrogen-bond donors (Lipinski definition) is 1. The summed E-state index contributed by atoms with van der Waals surface area (Å²) in [7, 11) is 0. The molecule has 0 aliphatic heterocycles. The third-order valence-electron chi connectivity index (χ3n) is 2.24. The van der Waals surface area contributed by atoms with Crippen molar-refractivity contribution in [2.24, 2.45) is 0 Å². The Labute approximate surface area is 88.9 Å². The molecule has 0 aromatic heterocycles. The lowest BCUT2D eigenvalue weighted by Crippen LogP contribution is -1.82. The predicted molar refractivity (Wildman–Crippen MR) is 62.1 cm³/mol. The molecule has 0 saturated carbocycles. The normalized spacial score (nSPS) is 9.57. The van der Waals surface area contributed by atoms with E-state index in [9.17, 15) is 0 Å². The number of rotatable bonds is 8. The fourth-order valence-electron chi connectivity index (χ4n) is 1.32. The maximum absolute atomic E-state index is 8.56. The smallest absolute Gasteiger partial charge is 0.0431 e. The van der Waals surface area contributed by atoms with Crippen molar-refractivity contribution in [3.05, 3.63) is 0 Å². The van der Waals surface area contributed by atoms with Gasteiger partial charge < -0.3 is 5.11 Å². The van der Waals surface area contributed by atoms with Crippen LogP contribution in [0.25, 0.3) is 0 Å². The van der Waals surface area contributed by atoms with E-state index in [1.54, 1.807) is 0 Å². The van der Waals surface area contributed by atoms with Crippen LogP contribution in [0.2, 0.25) is 0 Å². The molecule has 0 heterocycles. The third kappa shape index (κ3) is 11.5. The van der Waals surface area contributed by atoms with Crippen LogP contribution in [-0.4, -0.2) is 11.7 Å². The Bertz CT molecular complexity index is 152. The first-order valence-corrected chi connectivity index (χ1v) is 5.98. The SMILES string of the molecule is CCCCCC#CCCCCCCO. The number of aliphatic hydroxyl groups excluding tert-OH is 1. The highest BCUT2D eigenvalue weighted by Gasteiger charge is 1.86. The van der Waals surface area contributed by atoms with Gasteiger partial charge in [0.1, 0.15) is 0 Å². The van der Waals surface area contributed by atoms with Crippen molar-refractivity contribution < 1.29 is 5.11 Å². The highest BCUT2D eigenvalue weighted by molar-refractivity contribution is 4.98. The van der Waals surface area contributed by atoms with E-state index in [2.05, 4.69) is 18.8 Å². The molecule has 0 aromatic rings. The first kappa shape index (κ1) is 13.5. The number of aliphatic hydroxyl groups is 1. The van der Waals surface area contributed by atoms with Crippen LogP contribution in [0.1, 0.15) is 64.7 Å². The van der Waals surface area contributed by atoms with Gasteiger partial charge in [-0.25, -0.2) is 0 Å². The zero-order valence-electron chi connectivity index (χ0n) is 9.52. The molecule has 0 aliphatic rings. The Morgan fingerprint density at radius 3 is 1.93 bits per heavy atom. The van der Waals surface area contributed by atoms with Crippen LogP contribution in [0, 0.1) is 11.8 Å². The molecule has 1 N–H and O–H groups in total. The molecule has 0 bridgehead atoms. The van der Waals surface area contributed by atoms with Gasteiger partial charge in [-0.3, -0.25) is 0 Å². The second-order valence-corrected chi connectivity index (χ2v) is 3.70. The minimum Gasteiger partial charge on any atom is -0.396 e. The summed E-state index contributed by atoms with van der Waals surface area (Å²) in [5.74, 6) is 6.42. The van der Waals surface area contributed by atoms with Gasteiger partial charge in [-0.2, -0.15) is 0 Å². The quantitative estimate of drug-likeness (QED) is 0.465. The van der Waals surface area contributed by atoms with Crippen LogP contribution in [0.4, 0.5) is 0 Å². The van der Waals surface area contributed by atoms with Crippen LogP contribution in [0.5, 0.6) is 0 Å². The van der Waals surface area contributed by atoms with Gasteiger partial charge in [0, 0.05) is 19.4 Å². The Kier molecular flexibility index (Phi) is 12.1. The topological polar surface area (TPSA) is 20.2 Å². The van der Waals surface area contributed by atoms with Crippen molar-refractivity contribution in [2.45, 2.75) is 64.7 Å². The lowest BCUT2D eigenvalue weighted by Gasteiger charge is -1.94. The number of hydrogen-bond acceptors (Lipinski definition) is 1. The molecule has 1 nitrogen and oxygen atoms in total. The van der Waals surface area contributed by atoms with Crippen molar-refractivity contribution in [1.29, 1.82) is 0 Å². The molecule has 0 saturated heterocycles. The van der Waals surface area contributed by atoms with Crippen LogP contribution in [-0.2, 0) is 0 Å². The van der Waals surface area contributed by atoms with Crippen LogP contribution in [0.3, 0.4) is 0 Å². The lowest BCUT2D eigenvalue weighted by atomic mass is 10.1. The van der Waals surface area contributed by atoms with Crippen molar-refractivity contribution in [3.8, 4) is 11.8 Å². The van der Waals surface area contributed by atoms with E-state index in [0.29, 0.717) is 6.61 Å². The average molecular weight is 196 g/mol. The molecule has 0 fully saturated rings. The second kappa shape index (κ2) is 12.5. The largest absolute Gasteiger partial charge is 0.396 e. The molecule has 0 unspecified atom stereocenters. The van der Waals surface area contributed by atoms with E-state index in [1.807, 2.05) is 0 Å². The van der Waals surface area contributed by atoms with Crippen molar-refractivity contribution in [3.63, 3.8) is 0 Å². The molecule has 0 amide bonds. The standard InChI is InChI=1S/C13H24O/c1-2-3-4-5-6-7-8-9-10-11-12-13-14/h14H,2-5,8-13H2,1H3. The highest BCUT2D eigenvalue weighted by Crippen LogP contribution is 2.02. The van der Waals surface area contributed by atoms with E-state index < -0.39 is 0 Å². The highest BCUT2D eigenvalue weighted by atomic mass is 16.2. The molecule has 0 aromatic carbocycles. The predicted octanol–water partition coefficient (Wildman–Crippen LogP) is 3.51. The van der Waals surface area contributed by atoms with Crippen molar-refractivity contribution >= 4 is 0 Å². The summed E-state index contributed by atoms with van der Waals surface area (Å²) in [5.41, 5.74) is 0. The van der Waals surface area contributed by atoms with E-state index in [1.165, 1.54) is 32.1 Å². The summed E-state index contributed by atoms with van der Waals surface area (Å²) in [5, 5.41) is 8.56. The lowest BCUT2D eigenvalue weighted by molar-refractivity contribution is 0.282. The first-order chi connectivity index (χ1) is 6.91. The maximum atomic E-state index is 8.56. The summed E-state index contributed by atoms with van der Waals surface area (Å²) >= 11 is 0. The van der Waals surface area contributed by atoms with Gasteiger partial charge in [-0.05, 0) is 19.3 Å². The second-order valence-electron chi connectivity index (χ2n) is 3.70. The summed E-state index contributed by atoms with van der Waals surface area (Å²) in [6, 6.07) is 0. The van der Waals surface area contributed by atoms with Gasteiger partial charge in [0.25, 0.3) is 0 Å². The molecule has 14 heavy (non-hydrogen) atoms. The van der Waals surface area contributed by atoms with E-state index >= 15 is 0 Å². The summed E-state index contributed by atoms with van der Waals surface area (Å²) in [4.78, 5) is 0. The van der Waals surface area contributed by atoms with Crippen molar-refractivity contribution in [1.82, 2.24) is 0 Å². The Hall–Kier alpha value is -0.480. The zero-order valence-corrected chi connectivity index (χ0v) is 9.52. The minimum atomic E-state index is 0.336. The average Bonchev–Trinajstić information content (AvgIpc) is 2.21. The Morgan fingerprint density at radius 1 is 0.786 bits per heavy atom. The molecule has 0 radical (unpaired) electrons.